The molecule has 1 aliphatic heterocycles. The Hall–Kier alpha value is -3.56. The molecule has 1 aliphatic rings. The van der Waals surface area contributed by atoms with Crippen molar-refractivity contribution in [3.63, 3.8) is 0 Å². The molecule has 1 saturated heterocycles. The van der Waals surface area contributed by atoms with E-state index in [1.54, 1.807) is 19.5 Å². The zero-order chi connectivity index (χ0) is 22.8. The molecule has 4 heterocycles. The zero-order valence-electron chi connectivity index (χ0n) is 18.9. The molecule has 0 spiro atoms. The molecule has 0 unspecified atom stereocenters. The molecular weight excluding hydrogens is 420 g/mol. The van der Waals surface area contributed by atoms with Crippen molar-refractivity contribution in [2.24, 2.45) is 0 Å². The van der Waals surface area contributed by atoms with Crippen molar-refractivity contribution in [2.75, 3.05) is 45.8 Å². The van der Waals surface area contributed by atoms with Crippen molar-refractivity contribution in [2.45, 2.75) is 12.6 Å². The lowest BCUT2D eigenvalue weighted by molar-refractivity contribution is -0.0363. The second-order valence-corrected chi connectivity index (χ2v) is 8.18. The number of furan rings is 1. The Morgan fingerprint density at radius 1 is 1.18 bits per heavy atom. The summed E-state index contributed by atoms with van der Waals surface area (Å²) in [5.41, 5.74) is 3.35. The maximum Gasteiger partial charge on any atom is 0.225 e. The maximum atomic E-state index is 6.18. The van der Waals surface area contributed by atoms with Crippen LogP contribution in [0.15, 0.2) is 53.6 Å². The van der Waals surface area contributed by atoms with Crippen LogP contribution in [0.2, 0.25) is 0 Å². The average Bonchev–Trinajstić information content (AvgIpc) is 3.27. The van der Waals surface area contributed by atoms with E-state index in [9.17, 15) is 0 Å². The van der Waals surface area contributed by atoms with Crippen molar-refractivity contribution in [1.29, 1.82) is 0 Å². The molecule has 9 heteroatoms. The predicted octanol–water partition coefficient (Wildman–Crippen LogP) is 3.33. The van der Waals surface area contributed by atoms with Crippen LogP contribution in [0.5, 0.6) is 5.75 Å². The van der Waals surface area contributed by atoms with E-state index in [1.807, 2.05) is 43.4 Å². The van der Waals surface area contributed by atoms with E-state index in [0.717, 1.165) is 45.8 Å². The lowest BCUT2D eigenvalue weighted by Gasteiger charge is -2.33. The molecule has 0 N–H and O–H groups in total. The fourth-order valence-corrected chi connectivity index (χ4v) is 4.07. The fourth-order valence-electron chi connectivity index (χ4n) is 4.07. The second-order valence-electron chi connectivity index (χ2n) is 8.18. The lowest BCUT2D eigenvalue weighted by atomic mass is 10.0. The minimum absolute atomic E-state index is 0.213. The summed E-state index contributed by atoms with van der Waals surface area (Å²) in [7, 11) is 5.51. The molecule has 1 aromatic carbocycles. The van der Waals surface area contributed by atoms with Gasteiger partial charge in [0, 0.05) is 62.3 Å². The standard InChI is InChI=1S/C24H26N6O3/c1-29(2)24-27-12-19(17-10-25-15-26-11-17)22(28-24)21-14-30(7-8-32-21)13-18-9-16-5-4-6-20(31-3)23(16)33-18/h4-6,9-12,15,21H,7-8,13-14H2,1-3H3/t21-/m0/s1. The summed E-state index contributed by atoms with van der Waals surface area (Å²) < 4.78 is 17.7. The van der Waals surface area contributed by atoms with Gasteiger partial charge < -0.3 is 18.8 Å². The molecule has 1 fully saturated rings. The number of ether oxygens (including phenoxy) is 2. The summed E-state index contributed by atoms with van der Waals surface area (Å²) in [6, 6.07) is 7.99. The zero-order valence-corrected chi connectivity index (χ0v) is 18.9. The number of morpholine rings is 1. The molecule has 5 rings (SSSR count). The van der Waals surface area contributed by atoms with Crippen molar-refractivity contribution in [3.05, 3.63) is 60.6 Å². The van der Waals surface area contributed by atoms with E-state index in [1.165, 1.54) is 6.33 Å². The lowest BCUT2D eigenvalue weighted by Crippen LogP contribution is -2.38. The van der Waals surface area contributed by atoms with E-state index >= 15 is 0 Å². The number of benzene rings is 1. The Balaban J connectivity index is 1.42. The largest absolute Gasteiger partial charge is 0.493 e. The van der Waals surface area contributed by atoms with Gasteiger partial charge in [-0.05, 0) is 12.1 Å². The Morgan fingerprint density at radius 3 is 2.82 bits per heavy atom. The number of fused-ring (bicyclic) bond motifs is 1. The molecule has 9 nitrogen and oxygen atoms in total. The third-order valence-electron chi connectivity index (χ3n) is 5.69. The first kappa shape index (κ1) is 21.3. The molecule has 3 aromatic heterocycles. The van der Waals surface area contributed by atoms with Gasteiger partial charge in [0.05, 0.1) is 26.0 Å². The third kappa shape index (κ3) is 4.37. The van der Waals surface area contributed by atoms with E-state index < -0.39 is 0 Å². The average molecular weight is 447 g/mol. The Kier molecular flexibility index (Phi) is 5.89. The van der Waals surface area contributed by atoms with Gasteiger partial charge in [-0.25, -0.2) is 19.9 Å². The van der Waals surface area contributed by atoms with Crippen LogP contribution in [-0.4, -0.2) is 65.7 Å². The summed E-state index contributed by atoms with van der Waals surface area (Å²) in [5.74, 6) is 2.27. The highest BCUT2D eigenvalue weighted by atomic mass is 16.5. The summed E-state index contributed by atoms with van der Waals surface area (Å²) in [6.45, 7) is 2.76. The number of nitrogens with zero attached hydrogens (tertiary/aromatic N) is 6. The summed E-state index contributed by atoms with van der Waals surface area (Å²) in [6.07, 6.45) is 6.67. The first-order valence-electron chi connectivity index (χ1n) is 10.8. The van der Waals surface area contributed by atoms with Crippen molar-refractivity contribution >= 4 is 16.9 Å². The quantitative estimate of drug-likeness (QED) is 0.442. The topological polar surface area (TPSA) is 89.6 Å². The van der Waals surface area contributed by atoms with Gasteiger partial charge in [0.2, 0.25) is 5.95 Å². The molecule has 0 radical (unpaired) electrons. The number of para-hydroxylation sites is 1. The Bertz CT molecular complexity index is 1240. The van der Waals surface area contributed by atoms with E-state index in [-0.39, 0.29) is 6.10 Å². The Labute approximate surface area is 192 Å². The number of aromatic nitrogens is 4. The SMILES string of the molecule is COc1cccc2cc(CN3CCO[C@H](c4nc(N(C)C)ncc4-c4cncnc4)C3)oc12. The molecule has 0 aliphatic carbocycles. The molecule has 0 saturated carbocycles. The summed E-state index contributed by atoms with van der Waals surface area (Å²) in [5, 5.41) is 1.03. The summed E-state index contributed by atoms with van der Waals surface area (Å²) in [4.78, 5) is 21.9. The fraction of sp³-hybridized carbons (Fsp3) is 0.333. The molecular formula is C24H26N6O3. The van der Waals surface area contributed by atoms with Gasteiger partial charge in [-0.2, -0.15) is 0 Å². The van der Waals surface area contributed by atoms with Crippen LogP contribution in [-0.2, 0) is 11.3 Å². The van der Waals surface area contributed by atoms with Crippen LogP contribution in [0.1, 0.15) is 17.6 Å². The van der Waals surface area contributed by atoms with Gasteiger partial charge in [0.15, 0.2) is 11.3 Å². The molecule has 33 heavy (non-hydrogen) atoms. The van der Waals surface area contributed by atoms with Crippen LogP contribution in [0.3, 0.4) is 0 Å². The monoisotopic (exact) mass is 446 g/mol. The second kappa shape index (κ2) is 9.13. The normalized spacial score (nSPS) is 16.8. The first-order chi connectivity index (χ1) is 16.1. The van der Waals surface area contributed by atoms with E-state index in [2.05, 4.69) is 25.9 Å². The molecule has 0 bridgehead atoms. The molecule has 0 amide bonds. The van der Waals surface area contributed by atoms with Gasteiger partial charge >= 0.3 is 0 Å². The summed E-state index contributed by atoms with van der Waals surface area (Å²) >= 11 is 0. The van der Waals surface area contributed by atoms with Crippen molar-refractivity contribution in [3.8, 4) is 16.9 Å². The highest BCUT2D eigenvalue weighted by Crippen LogP contribution is 2.33. The molecule has 170 valence electrons. The first-order valence-corrected chi connectivity index (χ1v) is 10.8. The third-order valence-corrected chi connectivity index (χ3v) is 5.69. The number of rotatable bonds is 6. The Morgan fingerprint density at radius 2 is 2.03 bits per heavy atom. The molecule has 1 atom stereocenters. The van der Waals surface area contributed by atoms with Crippen molar-refractivity contribution in [1.82, 2.24) is 24.8 Å². The van der Waals surface area contributed by atoms with Crippen LogP contribution in [0.25, 0.3) is 22.1 Å². The number of anilines is 1. The number of methoxy groups -OCH3 is 1. The van der Waals surface area contributed by atoms with Crippen LogP contribution < -0.4 is 9.64 Å². The maximum absolute atomic E-state index is 6.18. The smallest absolute Gasteiger partial charge is 0.225 e. The van der Waals surface area contributed by atoms with E-state index in [0.29, 0.717) is 25.6 Å². The van der Waals surface area contributed by atoms with Crippen LogP contribution in [0, 0.1) is 0 Å². The highest BCUT2D eigenvalue weighted by Gasteiger charge is 2.27. The minimum Gasteiger partial charge on any atom is -0.493 e. The van der Waals surface area contributed by atoms with Gasteiger partial charge in [0.25, 0.3) is 0 Å². The van der Waals surface area contributed by atoms with Gasteiger partial charge in [-0.1, -0.05) is 12.1 Å². The highest BCUT2D eigenvalue weighted by molar-refractivity contribution is 5.83. The van der Waals surface area contributed by atoms with Crippen LogP contribution >= 0.6 is 0 Å². The van der Waals surface area contributed by atoms with Gasteiger partial charge in [-0.3, -0.25) is 4.90 Å². The predicted molar refractivity (Wildman–Crippen MR) is 124 cm³/mol. The van der Waals surface area contributed by atoms with E-state index in [4.69, 9.17) is 18.9 Å². The van der Waals surface area contributed by atoms with Gasteiger partial charge in [0.1, 0.15) is 18.2 Å². The van der Waals surface area contributed by atoms with Gasteiger partial charge in [-0.15, -0.1) is 0 Å². The van der Waals surface area contributed by atoms with Crippen LogP contribution in [0.4, 0.5) is 5.95 Å². The molecule has 4 aromatic rings. The number of hydrogen-bond acceptors (Lipinski definition) is 9. The van der Waals surface area contributed by atoms with Crippen molar-refractivity contribution < 1.29 is 13.9 Å². The number of hydrogen-bond donors (Lipinski definition) is 0. The minimum atomic E-state index is -0.213.